The molecule has 2 aromatic heterocycles. The van der Waals surface area contributed by atoms with Crippen molar-refractivity contribution in [2.24, 2.45) is 0 Å². The molecule has 2 aromatic carbocycles. The van der Waals surface area contributed by atoms with Crippen LogP contribution in [0, 0.1) is 6.92 Å². The Hall–Kier alpha value is -4.09. The third-order valence-electron chi connectivity index (χ3n) is 4.91. The highest BCUT2D eigenvalue weighted by molar-refractivity contribution is 7.14. The minimum absolute atomic E-state index is 0. The molecule has 4 rings (SSSR count). The Morgan fingerprint density at radius 3 is 2.56 bits per heavy atom. The Morgan fingerprint density at radius 2 is 1.86 bits per heavy atom. The minimum Gasteiger partial charge on any atom is -0.412 e. The summed E-state index contributed by atoms with van der Waals surface area (Å²) in [6, 6.07) is 16.2. The number of hydroxylamine groups is 1. The summed E-state index contributed by atoms with van der Waals surface area (Å²) in [6.07, 6.45) is 6.22. The molecule has 0 aliphatic carbocycles. The molecular weight excluding hydrogens is 502 g/mol. The second-order valence-electron chi connectivity index (χ2n) is 7.32. The molecular formula is C25H24ClN5O4S. The normalized spacial score (nSPS) is 10.2. The minimum atomic E-state index is -0.628. The van der Waals surface area contributed by atoms with Crippen LogP contribution in [0.4, 0.5) is 16.5 Å². The van der Waals surface area contributed by atoms with Crippen LogP contribution < -0.4 is 16.1 Å². The zero-order valence-corrected chi connectivity index (χ0v) is 20.7. The van der Waals surface area contributed by atoms with E-state index in [1.54, 1.807) is 36.7 Å². The van der Waals surface area contributed by atoms with Crippen LogP contribution in [0.5, 0.6) is 0 Å². The van der Waals surface area contributed by atoms with Crippen LogP contribution in [-0.2, 0) is 4.79 Å². The second kappa shape index (κ2) is 13.1. The van der Waals surface area contributed by atoms with Gasteiger partial charge in [-0.3, -0.25) is 19.8 Å². The molecule has 0 aliphatic rings. The van der Waals surface area contributed by atoms with Gasteiger partial charge in [0.25, 0.3) is 11.8 Å². The van der Waals surface area contributed by atoms with Crippen molar-refractivity contribution in [1.82, 2.24) is 15.4 Å². The van der Waals surface area contributed by atoms with Gasteiger partial charge in [0.2, 0.25) is 0 Å². The van der Waals surface area contributed by atoms with Gasteiger partial charge in [0.05, 0.1) is 5.69 Å². The molecule has 4 aromatic rings. The summed E-state index contributed by atoms with van der Waals surface area (Å²) in [5.74, 6) is -0.886. The Bertz CT molecular complexity index is 1340. The molecule has 36 heavy (non-hydrogen) atoms. The van der Waals surface area contributed by atoms with Crippen LogP contribution in [-0.4, -0.2) is 32.5 Å². The van der Waals surface area contributed by atoms with Crippen molar-refractivity contribution in [3.8, 4) is 11.3 Å². The quantitative estimate of drug-likeness (QED) is 0.157. The first kappa shape index (κ1) is 28.1. The number of nitrogens with zero attached hydrogens (tertiary/aromatic N) is 2. The van der Waals surface area contributed by atoms with Crippen molar-refractivity contribution in [3.63, 3.8) is 0 Å². The molecule has 0 bridgehead atoms. The average molecular weight is 526 g/mol. The number of hydrogen-bond donors (Lipinski definition) is 4. The number of aryl methyl sites for hydroxylation is 1. The predicted octanol–water partition coefficient (Wildman–Crippen LogP) is 4.63. The van der Waals surface area contributed by atoms with Gasteiger partial charge in [-0.15, -0.1) is 23.7 Å². The number of thiazole rings is 1. The number of nitrogens with one attached hydrogen (secondary N) is 3. The molecule has 0 aliphatic heterocycles. The van der Waals surface area contributed by atoms with E-state index in [1.807, 2.05) is 42.6 Å². The van der Waals surface area contributed by atoms with E-state index in [0.717, 1.165) is 33.2 Å². The third-order valence-corrected chi connectivity index (χ3v) is 5.67. The van der Waals surface area contributed by atoms with Crippen LogP contribution in [0.15, 0.2) is 78.4 Å². The average Bonchev–Trinajstić information content (AvgIpc) is 3.34. The fourth-order valence-electron chi connectivity index (χ4n) is 3.09. The summed E-state index contributed by atoms with van der Waals surface area (Å²) in [4.78, 5) is 32.5. The van der Waals surface area contributed by atoms with E-state index in [0.29, 0.717) is 11.3 Å². The van der Waals surface area contributed by atoms with Crippen molar-refractivity contribution in [1.29, 1.82) is 0 Å². The summed E-state index contributed by atoms with van der Waals surface area (Å²) >= 11 is 1.49. The molecule has 9 nitrogen and oxygen atoms in total. The molecule has 11 heteroatoms. The standard InChI is InChI=1S/C25H21N5O3S.ClH.H2O/c1-16-4-10-20(27-24(32)18-8-5-17(6-9-18)7-11-23(31)30-33)13-21(16)28-25-29-22(15-34-25)19-3-2-12-26-14-19;;/h2-15,33H,1H3,(H,27,32)(H,28,29)(H,30,31);1H;1H2/b11-7+;;. The van der Waals surface area contributed by atoms with Crippen LogP contribution in [0.25, 0.3) is 17.3 Å². The smallest absolute Gasteiger partial charge is 0.267 e. The van der Waals surface area contributed by atoms with Gasteiger partial charge in [0.1, 0.15) is 0 Å². The summed E-state index contributed by atoms with van der Waals surface area (Å²) in [5.41, 5.74) is 7.00. The summed E-state index contributed by atoms with van der Waals surface area (Å²) in [5, 5.41) is 17.5. The summed E-state index contributed by atoms with van der Waals surface area (Å²) in [7, 11) is 0. The second-order valence-corrected chi connectivity index (χ2v) is 8.18. The van der Waals surface area contributed by atoms with Crippen LogP contribution in [0.2, 0.25) is 0 Å². The Morgan fingerprint density at radius 1 is 1.08 bits per heavy atom. The number of pyridine rings is 1. The van der Waals surface area contributed by atoms with E-state index in [9.17, 15) is 9.59 Å². The maximum Gasteiger partial charge on any atom is 0.267 e. The molecule has 0 fully saturated rings. The Labute approximate surface area is 217 Å². The van der Waals surface area contributed by atoms with Crippen LogP contribution in [0.1, 0.15) is 21.5 Å². The van der Waals surface area contributed by atoms with E-state index >= 15 is 0 Å². The Balaban J connectivity index is 0.00000228. The van der Waals surface area contributed by atoms with Crippen molar-refractivity contribution < 1.29 is 20.3 Å². The number of benzene rings is 2. The number of aromatic nitrogens is 2. The van der Waals surface area contributed by atoms with Crippen molar-refractivity contribution in [3.05, 3.63) is 95.1 Å². The largest absolute Gasteiger partial charge is 0.412 e. The zero-order valence-electron chi connectivity index (χ0n) is 19.1. The highest BCUT2D eigenvalue weighted by atomic mass is 35.5. The molecule has 6 N–H and O–H groups in total. The molecule has 0 radical (unpaired) electrons. The van der Waals surface area contributed by atoms with E-state index in [-0.39, 0.29) is 23.8 Å². The molecule has 0 saturated carbocycles. The topological polar surface area (TPSA) is 148 Å². The SMILES string of the molecule is Cc1ccc(NC(=O)c2ccc(/C=C/C(=O)NO)cc2)cc1Nc1nc(-c2cccnc2)cs1.Cl.O. The van der Waals surface area contributed by atoms with E-state index in [2.05, 4.69) is 20.6 Å². The van der Waals surface area contributed by atoms with Gasteiger partial charge in [-0.1, -0.05) is 18.2 Å². The van der Waals surface area contributed by atoms with E-state index < -0.39 is 5.91 Å². The van der Waals surface area contributed by atoms with Gasteiger partial charge < -0.3 is 16.1 Å². The zero-order chi connectivity index (χ0) is 23.9. The first-order valence-electron chi connectivity index (χ1n) is 10.3. The predicted molar refractivity (Wildman–Crippen MR) is 144 cm³/mol. The van der Waals surface area contributed by atoms with Crippen LogP contribution >= 0.6 is 23.7 Å². The molecule has 2 amide bonds. The molecule has 2 heterocycles. The lowest BCUT2D eigenvalue weighted by molar-refractivity contribution is -0.124. The van der Waals surface area contributed by atoms with Gasteiger partial charge in [-0.25, -0.2) is 10.5 Å². The maximum absolute atomic E-state index is 12.7. The maximum atomic E-state index is 12.7. The van der Waals surface area contributed by atoms with E-state index in [1.165, 1.54) is 29.0 Å². The fraction of sp³-hybridized carbons (Fsp3) is 0.0400. The number of amides is 2. The monoisotopic (exact) mass is 525 g/mol. The highest BCUT2D eigenvalue weighted by Gasteiger charge is 2.10. The van der Waals surface area contributed by atoms with Gasteiger partial charge >= 0.3 is 0 Å². The molecule has 0 spiro atoms. The van der Waals surface area contributed by atoms with Gasteiger partial charge in [-0.2, -0.15) is 0 Å². The Kier molecular flexibility index (Phi) is 10.3. The van der Waals surface area contributed by atoms with Crippen molar-refractivity contribution in [2.75, 3.05) is 10.6 Å². The fourth-order valence-corrected chi connectivity index (χ4v) is 3.82. The number of halogens is 1. The van der Waals surface area contributed by atoms with E-state index in [4.69, 9.17) is 5.21 Å². The lowest BCUT2D eigenvalue weighted by Crippen LogP contribution is -2.14. The van der Waals surface area contributed by atoms with Gasteiger partial charge in [0.15, 0.2) is 5.13 Å². The van der Waals surface area contributed by atoms with Gasteiger partial charge in [-0.05, 0) is 60.5 Å². The summed E-state index contributed by atoms with van der Waals surface area (Å²) in [6.45, 7) is 1.98. The number of carbonyl (C=O) groups is 2. The molecule has 0 atom stereocenters. The number of carbonyl (C=O) groups excluding carboxylic acids is 2. The van der Waals surface area contributed by atoms with Crippen molar-refractivity contribution in [2.45, 2.75) is 6.92 Å². The molecule has 0 unspecified atom stereocenters. The van der Waals surface area contributed by atoms with Crippen LogP contribution in [0.3, 0.4) is 0 Å². The highest BCUT2D eigenvalue weighted by Crippen LogP contribution is 2.29. The summed E-state index contributed by atoms with van der Waals surface area (Å²) < 4.78 is 0. The van der Waals surface area contributed by atoms with Gasteiger partial charge in [0, 0.05) is 46.4 Å². The van der Waals surface area contributed by atoms with Crippen molar-refractivity contribution >= 4 is 58.1 Å². The molecule has 186 valence electrons. The first-order valence-corrected chi connectivity index (χ1v) is 11.2. The number of anilines is 3. The third kappa shape index (κ3) is 7.20. The first-order chi connectivity index (χ1) is 16.5. The molecule has 0 saturated heterocycles. The lowest BCUT2D eigenvalue weighted by Gasteiger charge is -2.11. The number of rotatable bonds is 7. The number of hydrogen-bond acceptors (Lipinski definition) is 7. The lowest BCUT2D eigenvalue weighted by atomic mass is 10.1.